The molecule has 0 aromatic heterocycles. The molecule has 2 aliphatic heterocycles. The zero-order valence-electron chi connectivity index (χ0n) is 21.9. The zero-order chi connectivity index (χ0) is 26.6. The topological polar surface area (TPSA) is 62.0 Å². The molecule has 2 fully saturated rings. The minimum atomic E-state index is 0.148. The van der Waals surface area contributed by atoms with Crippen molar-refractivity contribution < 1.29 is 28.4 Å². The number of rotatable bonds is 14. The molecule has 0 bridgehead atoms. The summed E-state index contributed by atoms with van der Waals surface area (Å²) < 4.78 is 35.3. The van der Waals surface area contributed by atoms with Gasteiger partial charge in [-0.05, 0) is 57.9 Å². The molecule has 4 aromatic carbocycles. The second-order valence-corrected chi connectivity index (χ2v) is 9.76. The summed E-state index contributed by atoms with van der Waals surface area (Å²) in [6.45, 7) is 10.9. The SMILES string of the molecule is C=CCOc1ccc2ccc(OCC3CO3)c(Cc3c(OCC4CO4)ccc4ccc(OCC=C)cc34)c2c1. The lowest BCUT2D eigenvalue weighted by atomic mass is 9.93. The van der Waals surface area contributed by atoms with Crippen molar-refractivity contribution in [3.05, 3.63) is 97.1 Å². The molecular weight excluding hydrogens is 492 g/mol. The van der Waals surface area contributed by atoms with Crippen molar-refractivity contribution in [3.8, 4) is 23.0 Å². The summed E-state index contributed by atoms with van der Waals surface area (Å²) in [4.78, 5) is 0. The summed E-state index contributed by atoms with van der Waals surface area (Å²) in [6, 6.07) is 20.6. The second-order valence-electron chi connectivity index (χ2n) is 9.76. The molecule has 2 heterocycles. The fourth-order valence-electron chi connectivity index (χ4n) is 4.68. The van der Waals surface area contributed by atoms with E-state index >= 15 is 0 Å². The van der Waals surface area contributed by atoms with Gasteiger partial charge in [0.05, 0.1) is 13.2 Å². The Hall–Kier alpha value is -4.00. The molecule has 0 N–H and O–H groups in total. The van der Waals surface area contributed by atoms with E-state index in [2.05, 4.69) is 49.6 Å². The molecule has 6 heteroatoms. The molecule has 6 nitrogen and oxygen atoms in total. The Morgan fingerprint density at radius 1 is 0.641 bits per heavy atom. The average Bonchev–Trinajstić information content (AvgIpc) is 3.89. The Labute approximate surface area is 228 Å². The van der Waals surface area contributed by atoms with E-state index < -0.39 is 0 Å². The summed E-state index contributed by atoms with van der Waals surface area (Å²) in [6.07, 6.45) is 4.38. The summed E-state index contributed by atoms with van der Waals surface area (Å²) in [5, 5.41) is 4.35. The smallest absolute Gasteiger partial charge is 0.123 e. The van der Waals surface area contributed by atoms with Crippen LogP contribution in [0.2, 0.25) is 0 Å². The predicted octanol–water partition coefficient (Wildman–Crippen LogP) is 6.27. The molecule has 2 unspecified atom stereocenters. The Bertz CT molecular complexity index is 1390. The highest BCUT2D eigenvalue weighted by atomic mass is 16.6. The molecule has 0 amide bonds. The molecule has 4 aromatic rings. The first kappa shape index (κ1) is 25.3. The van der Waals surface area contributed by atoms with Crippen molar-refractivity contribution in [1.82, 2.24) is 0 Å². The molecule has 2 saturated heterocycles. The maximum absolute atomic E-state index is 6.32. The number of benzene rings is 4. The Morgan fingerprint density at radius 2 is 1.08 bits per heavy atom. The molecular formula is C33H32O6. The highest BCUT2D eigenvalue weighted by molar-refractivity contribution is 5.93. The molecule has 6 rings (SSSR count). The Balaban J connectivity index is 1.47. The summed E-state index contributed by atoms with van der Waals surface area (Å²) in [5.41, 5.74) is 2.13. The minimum absolute atomic E-state index is 0.148. The first-order chi connectivity index (χ1) is 19.2. The van der Waals surface area contributed by atoms with Crippen molar-refractivity contribution in [2.45, 2.75) is 18.6 Å². The summed E-state index contributed by atoms with van der Waals surface area (Å²) in [5.74, 6) is 3.22. The van der Waals surface area contributed by atoms with Crippen molar-refractivity contribution in [3.63, 3.8) is 0 Å². The van der Waals surface area contributed by atoms with Gasteiger partial charge < -0.3 is 28.4 Å². The quantitative estimate of drug-likeness (QED) is 0.143. The lowest BCUT2D eigenvalue weighted by Gasteiger charge is -2.19. The molecule has 2 atom stereocenters. The van der Waals surface area contributed by atoms with Gasteiger partial charge in [0.2, 0.25) is 0 Å². The van der Waals surface area contributed by atoms with Crippen molar-refractivity contribution in [2.75, 3.05) is 39.6 Å². The molecule has 0 saturated carbocycles. The van der Waals surface area contributed by atoms with E-state index in [0.29, 0.717) is 32.8 Å². The van der Waals surface area contributed by atoms with Crippen molar-refractivity contribution >= 4 is 21.5 Å². The third-order valence-corrected chi connectivity index (χ3v) is 6.87. The minimum Gasteiger partial charge on any atom is -0.490 e. The fourth-order valence-corrected chi connectivity index (χ4v) is 4.68. The summed E-state index contributed by atoms with van der Waals surface area (Å²) >= 11 is 0. The largest absolute Gasteiger partial charge is 0.490 e. The third-order valence-electron chi connectivity index (χ3n) is 6.87. The number of epoxide rings is 2. The normalized spacial score (nSPS) is 17.5. The van der Waals surface area contributed by atoms with Crippen molar-refractivity contribution in [2.24, 2.45) is 0 Å². The van der Waals surface area contributed by atoms with E-state index in [0.717, 1.165) is 68.9 Å². The van der Waals surface area contributed by atoms with Crippen LogP contribution >= 0.6 is 0 Å². The lowest BCUT2D eigenvalue weighted by molar-refractivity contribution is 0.259. The van der Waals surface area contributed by atoms with Crippen LogP contribution < -0.4 is 18.9 Å². The van der Waals surface area contributed by atoms with E-state index in [1.165, 1.54) is 0 Å². The van der Waals surface area contributed by atoms with Crippen LogP contribution in [0.15, 0.2) is 86.0 Å². The first-order valence-corrected chi connectivity index (χ1v) is 13.3. The molecule has 0 spiro atoms. The van der Waals surface area contributed by atoms with Gasteiger partial charge in [0.15, 0.2) is 0 Å². The van der Waals surface area contributed by atoms with Gasteiger partial charge in [-0.25, -0.2) is 0 Å². The maximum Gasteiger partial charge on any atom is 0.123 e. The van der Waals surface area contributed by atoms with Crippen LogP contribution in [0.1, 0.15) is 11.1 Å². The predicted molar refractivity (Wildman–Crippen MR) is 153 cm³/mol. The van der Waals surface area contributed by atoms with Crippen LogP contribution in [0.3, 0.4) is 0 Å². The highest BCUT2D eigenvalue weighted by Crippen LogP contribution is 2.38. The molecule has 200 valence electrons. The monoisotopic (exact) mass is 524 g/mol. The van der Waals surface area contributed by atoms with Crippen LogP contribution in [0.5, 0.6) is 23.0 Å². The zero-order valence-corrected chi connectivity index (χ0v) is 21.9. The molecule has 39 heavy (non-hydrogen) atoms. The van der Waals surface area contributed by atoms with E-state index in [1.807, 2.05) is 24.3 Å². The van der Waals surface area contributed by atoms with Crippen LogP contribution in [-0.4, -0.2) is 51.8 Å². The number of hydrogen-bond donors (Lipinski definition) is 0. The van der Waals surface area contributed by atoms with Crippen LogP contribution in [0, 0.1) is 0 Å². The van der Waals surface area contributed by atoms with Crippen LogP contribution in [0.4, 0.5) is 0 Å². The molecule has 0 radical (unpaired) electrons. The molecule has 2 aliphatic rings. The van der Waals surface area contributed by atoms with E-state index in [-0.39, 0.29) is 12.2 Å². The van der Waals surface area contributed by atoms with Gasteiger partial charge in [0.25, 0.3) is 0 Å². The van der Waals surface area contributed by atoms with Gasteiger partial charge in [-0.15, -0.1) is 0 Å². The van der Waals surface area contributed by atoms with E-state index in [4.69, 9.17) is 28.4 Å². The standard InChI is InChI=1S/C33H32O6/c1-3-13-34-24-9-5-22-7-11-32(38-20-26-18-36-26)30(28(22)15-24)17-31-29-16-25(35-14-4-2)10-6-23(29)8-12-33(31)39-21-27-19-37-27/h3-12,15-16,26-27H,1-2,13-14,17-21H2. The highest BCUT2D eigenvalue weighted by Gasteiger charge is 2.26. The summed E-state index contributed by atoms with van der Waals surface area (Å²) in [7, 11) is 0. The Kier molecular flexibility index (Phi) is 7.39. The number of fused-ring (bicyclic) bond motifs is 2. The first-order valence-electron chi connectivity index (χ1n) is 13.3. The van der Waals surface area contributed by atoms with Gasteiger partial charge >= 0.3 is 0 Å². The third kappa shape index (κ3) is 6.03. The van der Waals surface area contributed by atoms with Crippen LogP contribution in [-0.2, 0) is 15.9 Å². The van der Waals surface area contributed by atoms with Gasteiger partial charge in [-0.1, -0.05) is 49.6 Å². The lowest BCUT2D eigenvalue weighted by Crippen LogP contribution is -2.09. The van der Waals surface area contributed by atoms with Gasteiger partial charge in [0, 0.05) is 17.5 Å². The number of hydrogen-bond acceptors (Lipinski definition) is 6. The Morgan fingerprint density at radius 3 is 1.49 bits per heavy atom. The van der Waals surface area contributed by atoms with Crippen molar-refractivity contribution in [1.29, 1.82) is 0 Å². The van der Waals surface area contributed by atoms with Gasteiger partial charge in [-0.2, -0.15) is 0 Å². The number of ether oxygens (including phenoxy) is 6. The average molecular weight is 525 g/mol. The van der Waals surface area contributed by atoms with Crippen LogP contribution in [0.25, 0.3) is 21.5 Å². The van der Waals surface area contributed by atoms with E-state index in [9.17, 15) is 0 Å². The van der Waals surface area contributed by atoms with Gasteiger partial charge in [0.1, 0.15) is 61.6 Å². The van der Waals surface area contributed by atoms with E-state index in [1.54, 1.807) is 12.2 Å². The second kappa shape index (κ2) is 11.4. The maximum atomic E-state index is 6.32. The fraction of sp³-hybridized carbons (Fsp3) is 0.273. The molecule has 0 aliphatic carbocycles. The van der Waals surface area contributed by atoms with Gasteiger partial charge in [-0.3, -0.25) is 0 Å².